The Labute approximate surface area is 287 Å². The van der Waals surface area contributed by atoms with Crippen LogP contribution in [-0.4, -0.2) is 0 Å². The molecule has 11 rings (SSSR count). The minimum Gasteiger partial charge on any atom is -0.135 e. The standard InChI is InChI=1S/C48H28S/c1-2-12-30-25-31(22-21-29(30)11-1)47-37-16-5-7-18-39(37)48(40-19-8-6-17-38(40)47)32-23-24-35-41(26-32)33-13-3-4-14-34(33)43-28-46-44(27-42(35)43)36-15-9-10-20-45(36)49-46/h1-28H. The van der Waals surface area contributed by atoms with E-state index in [2.05, 4.69) is 170 Å². The van der Waals surface area contributed by atoms with E-state index in [1.54, 1.807) is 0 Å². The topological polar surface area (TPSA) is 0 Å². The van der Waals surface area contributed by atoms with Crippen molar-refractivity contribution in [1.82, 2.24) is 0 Å². The van der Waals surface area contributed by atoms with E-state index in [1.807, 2.05) is 11.3 Å². The first-order valence-electron chi connectivity index (χ1n) is 16.9. The summed E-state index contributed by atoms with van der Waals surface area (Å²) in [4.78, 5) is 0. The van der Waals surface area contributed by atoms with E-state index < -0.39 is 0 Å². The smallest absolute Gasteiger partial charge is 0.0362 e. The highest BCUT2D eigenvalue weighted by Gasteiger charge is 2.19. The van der Waals surface area contributed by atoms with Gasteiger partial charge >= 0.3 is 0 Å². The maximum atomic E-state index is 2.46. The van der Waals surface area contributed by atoms with Gasteiger partial charge in [0.05, 0.1) is 0 Å². The summed E-state index contributed by atoms with van der Waals surface area (Å²) in [6.45, 7) is 0. The van der Waals surface area contributed by atoms with Crippen molar-refractivity contribution in [3.63, 3.8) is 0 Å². The lowest BCUT2D eigenvalue weighted by Crippen LogP contribution is -1.91. The molecule has 1 aromatic heterocycles. The summed E-state index contributed by atoms with van der Waals surface area (Å²) in [6.07, 6.45) is 0. The molecule has 0 aliphatic heterocycles. The van der Waals surface area contributed by atoms with E-state index >= 15 is 0 Å². The number of hydrogen-bond acceptors (Lipinski definition) is 1. The molecule has 0 spiro atoms. The van der Waals surface area contributed by atoms with Crippen LogP contribution in [0.1, 0.15) is 0 Å². The van der Waals surface area contributed by atoms with E-state index in [-0.39, 0.29) is 0 Å². The molecule has 0 saturated carbocycles. The third-order valence-corrected chi connectivity index (χ3v) is 11.7. The molecular weight excluding hydrogens is 609 g/mol. The largest absolute Gasteiger partial charge is 0.135 e. The van der Waals surface area contributed by atoms with Crippen molar-refractivity contribution in [1.29, 1.82) is 0 Å². The van der Waals surface area contributed by atoms with Gasteiger partial charge in [0.15, 0.2) is 0 Å². The van der Waals surface area contributed by atoms with Gasteiger partial charge in [-0.3, -0.25) is 0 Å². The molecule has 0 bridgehead atoms. The molecule has 0 aliphatic rings. The van der Waals surface area contributed by atoms with Gasteiger partial charge in [0.1, 0.15) is 0 Å². The van der Waals surface area contributed by atoms with Crippen molar-refractivity contribution in [2.45, 2.75) is 0 Å². The van der Waals surface area contributed by atoms with Crippen LogP contribution in [0.2, 0.25) is 0 Å². The average Bonchev–Trinajstić information content (AvgIpc) is 3.53. The van der Waals surface area contributed by atoms with Gasteiger partial charge in [-0.1, -0.05) is 140 Å². The SMILES string of the molecule is c1ccc2cc(-c3c4ccccc4c(-c4ccc5c(c4)c4ccccc4c4cc6sc7ccccc7c6cc54)c4ccccc34)ccc2c1. The normalized spacial score (nSPS) is 12.1. The summed E-state index contributed by atoms with van der Waals surface area (Å²) in [6, 6.07) is 63.3. The Bertz CT molecular complexity index is 3100. The summed E-state index contributed by atoms with van der Waals surface area (Å²) in [5, 5.41) is 18.2. The monoisotopic (exact) mass is 636 g/mol. The molecule has 0 saturated heterocycles. The zero-order valence-electron chi connectivity index (χ0n) is 26.6. The molecule has 0 fully saturated rings. The molecule has 0 atom stereocenters. The number of benzene rings is 10. The first-order chi connectivity index (χ1) is 24.3. The second-order valence-corrected chi connectivity index (χ2v) is 14.3. The summed E-state index contributed by atoms with van der Waals surface area (Å²) in [7, 11) is 0. The van der Waals surface area contributed by atoms with Crippen LogP contribution < -0.4 is 0 Å². The molecule has 0 aliphatic carbocycles. The molecule has 0 amide bonds. The average molecular weight is 637 g/mol. The van der Waals surface area contributed by atoms with Crippen LogP contribution in [-0.2, 0) is 0 Å². The van der Waals surface area contributed by atoms with E-state index in [1.165, 1.54) is 107 Å². The van der Waals surface area contributed by atoms with Gasteiger partial charge in [0, 0.05) is 20.2 Å². The highest BCUT2D eigenvalue weighted by molar-refractivity contribution is 7.25. The maximum absolute atomic E-state index is 2.46. The molecule has 1 heterocycles. The molecule has 10 aromatic carbocycles. The van der Waals surface area contributed by atoms with Crippen molar-refractivity contribution < 1.29 is 0 Å². The predicted octanol–water partition coefficient (Wildman–Crippen LogP) is 14.3. The predicted molar refractivity (Wildman–Crippen MR) is 215 cm³/mol. The van der Waals surface area contributed by atoms with E-state index in [0.29, 0.717) is 0 Å². The van der Waals surface area contributed by atoms with Gasteiger partial charge in [0.25, 0.3) is 0 Å². The lowest BCUT2D eigenvalue weighted by molar-refractivity contribution is 1.68. The number of thiophene rings is 1. The van der Waals surface area contributed by atoms with E-state index in [9.17, 15) is 0 Å². The fourth-order valence-corrected chi connectivity index (χ4v) is 9.55. The van der Waals surface area contributed by atoms with Crippen LogP contribution in [0.3, 0.4) is 0 Å². The van der Waals surface area contributed by atoms with Gasteiger partial charge in [-0.15, -0.1) is 11.3 Å². The second-order valence-electron chi connectivity index (χ2n) is 13.2. The minimum atomic E-state index is 1.25. The summed E-state index contributed by atoms with van der Waals surface area (Å²) < 4.78 is 2.69. The minimum absolute atomic E-state index is 1.25. The maximum Gasteiger partial charge on any atom is 0.0362 e. The van der Waals surface area contributed by atoms with Crippen LogP contribution in [0.5, 0.6) is 0 Å². The van der Waals surface area contributed by atoms with Crippen molar-refractivity contribution >= 4 is 96.1 Å². The fraction of sp³-hybridized carbons (Fsp3) is 0. The Morgan fingerprint density at radius 1 is 0.245 bits per heavy atom. The van der Waals surface area contributed by atoms with Crippen molar-refractivity contribution in [2.75, 3.05) is 0 Å². The zero-order chi connectivity index (χ0) is 32.1. The number of hydrogen-bond donors (Lipinski definition) is 0. The molecule has 0 nitrogen and oxygen atoms in total. The van der Waals surface area contributed by atoms with Gasteiger partial charge < -0.3 is 0 Å². The van der Waals surface area contributed by atoms with E-state index in [0.717, 1.165) is 0 Å². The quantitative estimate of drug-likeness (QED) is 0.131. The summed E-state index contributed by atoms with van der Waals surface area (Å²) in [5.74, 6) is 0. The molecule has 226 valence electrons. The Kier molecular flexibility index (Phi) is 5.64. The lowest BCUT2D eigenvalue weighted by atomic mass is 9.84. The third-order valence-electron chi connectivity index (χ3n) is 10.6. The molecular formula is C48H28S. The van der Waals surface area contributed by atoms with Gasteiger partial charge in [-0.2, -0.15) is 0 Å². The molecule has 49 heavy (non-hydrogen) atoms. The van der Waals surface area contributed by atoms with Crippen LogP contribution in [0.15, 0.2) is 170 Å². The molecule has 0 radical (unpaired) electrons. The third kappa shape index (κ3) is 3.91. The second kappa shape index (κ2) is 10.2. The summed E-state index contributed by atoms with van der Waals surface area (Å²) in [5.41, 5.74) is 5.09. The Morgan fingerprint density at radius 3 is 1.39 bits per heavy atom. The van der Waals surface area contributed by atoms with Crippen molar-refractivity contribution in [3.05, 3.63) is 170 Å². The van der Waals surface area contributed by atoms with Gasteiger partial charge in [-0.25, -0.2) is 0 Å². The molecule has 0 unspecified atom stereocenters. The molecule has 11 aromatic rings. The first-order valence-corrected chi connectivity index (χ1v) is 17.7. The first kappa shape index (κ1) is 27.0. The highest BCUT2D eigenvalue weighted by atomic mass is 32.1. The number of fused-ring (bicyclic) bond motifs is 12. The van der Waals surface area contributed by atoms with Crippen LogP contribution >= 0.6 is 11.3 Å². The molecule has 1 heteroatoms. The Balaban J connectivity index is 1.23. The van der Waals surface area contributed by atoms with E-state index in [4.69, 9.17) is 0 Å². The highest BCUT2D eigenvalue weighted by Crippen LogP contribution is 2.47. The van der Waals surface area contributed by atoms with Gasteiger partial charge in [0.2, 0.25) is 0 Å². The van der Waals surface area contributed by atoms with Crippen LogP contribution in [0.4, 0.5) is 0 Å². The number of rotatable bonds is 2. The Morgan fingerprint density at radius 2 is 0.714 bits per heavy atom. The van der Waals surface area contributed by atoms with Crippen molar-refractivity contribution in [3.8, 4) is 22.3 Å². The van der Waals surface area contributed by atoms with Crippen molar-refractivity contribution in [2.24, 2.45) is 0 Å². The zero-order valence-corrected chi connectivity index (χ0v) is 27.4. The van der Waals surface area contributed by atoms with Gasteiger partial charge in [-0.05, 0) is 117 Å². The molecule has 0 N–H and O–H groups in total. The Hall–Kier alpha value is -6.02. The lowest BCUT2D eigenvalue weighted by Gasteiger charge is -2.19. The van der Waals surface area contributed by atoms with Crippen LogP contribution in [0.25, 0.3) is 107 Å². The van der Waals surface area contributed by atoms with Crippen LogP contribution in [0, 0.1) is 0 Å². The summed E-state index contributed by atoms with van der Waals surface area (Å²) >= 11 is 1.89. The fourth-order valence-electron chi connectivity index (χ4n) is 8.42.